The van der Waals surface area contributed by atoms with Gasteiger partial charge < -0.3 is 24.4 Å². The van der Waals surface area contributed by atoms with Crippen molar-refractivity contribution in [2.24, 2.45) is 0 Å². The van der Waals surface area contributed by atoms with Gasteiger partial charge in [0.2, 0.25) is 0 Å². The summed E-state index contributed by atoms with van der Waals surface area (Å²) in [5.74, 6) is 0.452. The maximum atomic E-state index is 14.5. The number of halogens is 3. The standard InChI is InChI=1S/C45H41ClF2N6O4S/c1-5-56-45(55)35(24-29-10-6-9-13-36(29)58-25-31-20-21-49-42(52-31)33-11-7-8-12-34(33)48)53-43-39-38(32-18-19-37(40(46)27(32)2)57-23-22-54(3)4)41(59-44(39)51-26-50-43)28-14-16-30(47)17-15-28/h6-21,26,35H,5,22-25H2,1-4H3,(H,50,51,53)/t35-/m1/s1. The number of hydrogen-bond donors (Lipinski definition) is 1. The molecule has 0 aliphatic heterocycles. The zero-order valence-corrected chi connectivity index (χ0v) is 34.4. The van der Waals surface area contributed by atoms with Gasteiger partial charge >= 0.3 is 5.97 Å². The maximum absolute atomic E-state index is 14.5. The number of benzene rings is 4. The number of likely N-dealkylation sites (N-methyl/N-ethyl adjacent to an activating group) is 1. The van der Waals surface area contributed by atoms with Crippen molar-refractivity contribution in [3.63, 3.8) is 0 Å². The molecule has 0 aliphatic carbocycles. The van der Waals surface area contributed by atoms with Gasteiger partial charge in [-0.05, 0) is 92.7 Å². The first-order valence-electron chi connectivity index (χ1n) is 18.9. The van der Waals surface area contributed by atoms with Crippen LogP contribution in [0.4, 0.5) is 14.6 Å². The average molecular weight is 835 g/mol. The quantitative estimate of drug-likeness (QED) is 0.0945. The first kappa shape index (κ1) is 41.2. The van der Waals surface area contributed by atoms with Crippen molar-refractivity contribution in [2.75, 3.05) is 39.2 Å². The van der Waals surface area contributed by atoms with E-state index in [0.29, 0.717) is 51.4 Å². The molecule has 0 saturated carbocycles. The number of carbonyl (C=O) groups excluding carboxylic acids is 1. The summed E-state index contributed by atoms with van der Waals surface area (Å²) in [4.78, 5) is 35.4. The molecule has 3 heterocycles. The molecule has 302 valence electrons. The largest absolute Gasteiger partial charge is 0.491 e. The van der Waals surface area contributed by atoms with Gasteiger partial charge in [0, 0.05) is 29.6 Å². The van der Waals surface area contributed by atoms with Crippen LogP contribution in [-0.2, 0) is 22.6 Å². The molecule has 1 atom stereocenters. The second-order valence-electron chi connectivity index (χ2n) is 13.8. The Morgan fingerprint density at radius 3 is 2.46 bits per heavy atom. The van der Waals surface area contributed by atoms with Crippen molar-refractivity contribution < 1.29 is 27.8 Å². The van der Waals surface area contributed by atoms with Crippen LogP contribution in [0.5, 0.6) is 11.5 Å². The van der Waals surface area contributed by atoms with Crippen LogP contribution in [0.15, 0.2) is 104 Å². The molecular weight excluding hydrogens is 794 g/mol. The highest BCUT2D eigenvalue weighted by Gasteiger charge is 2.28. The second-order valence-corrected chi connectivity index (χ2v) is 15.2. The van der Waals surface area contributed by atoms with Crippen LogP contribution >= 0.6 is 22.9 Å². The highest BCUT2D eigenvalue weighted by molar-refractivity contribution is 7.22. The predicted molar refractivity (Wildman–Crippen MR) is 228 cm³/mol. The smallest absolute Gasteiger partial charge is 0.328 e. The van der Waals surface area contributed by atoms with E-state index < -0.39 is 17.8 Å². The van der Waals surface area contributed by atoms with Gasteiger partial charge in [-0.2, -0.15) is 0 Å². The third kappa shape index (κ3) is 9.49. The molecule has 1 N–H and O–H groups in total. The molecule has 0 fully saturated rings. The van der Waals surface area contributed by atoms with Crippen LogP contribution < -0.4 is 14.8 Å². The van der Waals surface area contributed by atoms with Gasteiger partial charge in [-0.25, -0.2) is 33.5 Å². The molecule has 0 unspecified atom stereocenters. The fourth-order valence-electron chi connectivity index (χ4n) is 6.52. The van der Waals surface area contributed by atoms with Gasteiger partial charge in [0.05, 0.1) is 28.3 Å². The lowest BCUT2D eigenvalue weighted by molar-refractivity contribution is -0.144. The topological polar surface area (TPSA) is 112 Å². The molecule has 3 aromatic heterocycles. The molecule has 0 aliphatic rings. The average Bonchev–Trinajstić information content (AvgIpc) is 3.62. The lowest BCUT2D eigenvalue weighted by Gasteiger charge is -2.21. The molecule has 4 aromatic carbocycles. The molecule has 59 heavy (non-hydrogen) atoms. The number of aromatic nitrogens is 4. The van der Waals surface area contributed by atoms with Crippen LogP contribution in [0.1, 0.15) is 23.7 Å². The first-order chi connectivity index (χ1) is 28.6. The lowest BCUT2D eigenvalue weighted by Crippen LogP contribution is -2.34. The summed E-state index contributed by atoms with van der Waals surface area (Å²) in [5, 5.41) is 4.52. The Morgan fingerprint density at radius 2 is 1.68 bits per heavy atom. The number of anilines is 1. The Balaban J connectivity index is 1.24. The van der Waals surface area contributed by atoms with Gasteiger partial charge in [-0.3, -0.25) is 0 Å². The minimum Gasteiger partial charge on any atom is -0.491 e. The van der Waals surface area contributed by atoms with E-state index in [1.54, 1.807) is 49.5 Å². The van der Waals surface area contributed by atoms with Crippen LogP contribution in [0, 0.1) is 18.6 Å². The summed E-state index contributed by atoms with van der Waals surface area (Å²) >= 11 is 8.41. The third-order valence-electron chi connectivity index (χ3n) is 9.49. The van der Waals surface area contributed by atoms with E-state index >= 15 is 0 Å². The molecular formula is C45H41ClF2N6O4S. The number of ether oxygens (including phenoxy) is 3. The van der Waals surface area contributed by atoms with Crippen LogP contribution in [-0.4, -0.2) is 70.7 Å². The summed E-state index contributed by atoms with van der Waals surface area (Å²) < 4.78 is 46.6. The predicted octanol–water partition coefficient (Wildman–Crippen LogP) is 9.83. The summed E-state index contributed by atoms with van der Waals surface area (Å²) in [6.07, 6.45) is 3.17. The minimum atomic E-state index is -0.913. The van der Waals surface area contributed by atoms with Crippen LogP contribution in [0.3, 0.4) is 0 Å². The summed E-state index contributed by atoms with van der Waals surface area (Å²) in [6.45, 7) is 5.06. The van der Waals surface area contributed by atoms with Gasteiger partial charge in [0.15, 0.2) is 5.82 Å². The fourth-order valence-corrected chi connectivity index (χ4v) is 7.90. The summed E-state index contributed by atoms with van der Waals surface area (Å²) in [6, 6.07) is 24.6. The van der Waals surface area contributed by atoms with Gasteiger partial charge in [-0.15, -0.1) is 11.3 Å². The summed E-state index contributed by atoms with van der Waals surface area (Å²) in [5.41, 5.74) is 4.66. The van der Waals surface area contributed by atoms with E-state index in [9.17, 15) is 13.6 Å². The molecule has 14 heteroatoms. The number of nitrogens with one attached hydrogen (secondary N) is 1. The zero-order valence-electron chi connectivity index (χ0n) is 32.8. The van der Waals surface area contributed by atoms with Crippen molar-refractivity contribution in [3.05, 3.63) is 137 Å². The SMILES string of the molecule is CCOC(=O)[C@@H](Cc1ccccc1OCc1ccnc(-c2ccccc2F)n1)Nc1ncnc2sc(-c3ccc(F)cc3)c(-c3ccc(OCCN(C)C)c(Cl)c3C)c12. The highest BCUT2D eigenvalue weighted by Crippen LogP contribution is 2.49. The molecule has 7 aromatic rings. The molecule has 0 bridgehead atoms. The number of para-hydroxylation sites is 1. The Hall–Kier alpha value is -6.02. The first-order valence-corrected chi connectivity index (χ1v) is 20.1. The van der Waals surface area contributed by atoms with Crippen LogP contribution in [0.25, 0.3) is 43.2 Å². The van der Waals surface area contributed by atoms with E-state index in [-0.39, 0.29) is 36.8 Å². The highest BCUT2D eigenvalue weighted by atomic mass is 35.5. The zero-order chi connectivity index (χ0) is 41.5. The van der Waals surface area contributed by atoms with E-state index in [1.165, 1.54) is 35.9 Å². The molecule has 0 saturated heterocycles. The van der Waals surface area contributed by atoms with Crippen molar-refractivity contribution in [1.82, 2.24) is 24.8 Å². The number of nitrogens with zero attached hydrogens (tertiary/aromatic N) is 5. The van der Waals surface area contributed by atoms with E-state index in [0.717, 1.165) is 32.7 Å². The van der Waals surface area contributed by atoms with E-state index in [1.807, 2.05) is 62.3 Å². The lowest BCUT2D eigenvalue weighted by atomic mass is 9.95. The fraction of sp³-hybridized carbons (Fsp3) is 0.222. The Labute approximate surface area is 349 Å². The van der Waals surface area contributed by atoms with Gasteiger partial charge in [0.25, 0.3) is 0 Å². The summed E-state index contributed by atoms with van der Waals surface area (Å²) in [7, 11) is 3.94. The number of thiophene rings is 1. The van der Waals surface area contributed by atoms with Gasteiger partial charge in [0.1, 0.15) is 59.4 Å². The molecule has 0 radical (unpaired) electrons. The number of hydrogen-bond acceptors (Lipinski definition) is 11. The van der Waals surface area contributed by atoms with Crippen molar-refractivity contribution in [2.45, 2.75) is 32.9 Å². The number of carbonyl (C=O) groups is 1. The molecule has 7 rings (SSSR count). The van der Waals surface area contributed by atoms with E-state index in [2.05, 4.69) is 25.3 Å². The second kappa shape index (κ2) is 18.7. The Morgan fingerprint density at radius 1 is 0.898 bits per heavy atom. The van der Waals surface area contributed by atoms with Crippen molar-refractivity contribution in [1.29, 1.82) is 0 Å². The van der Waals surface area contributed by atoms with E-state index in [4.69, 9.17) is 25.8 Å². The normalized spacial score (nSPS) is 11.8. The molecule has 10 nitrogen and oxygen atoms in total. The van der Waals surface area contributed by atoms with Crippen molar-refractivity contribution >= 4 is 44.9 Å². The number of rotatable bonds is 16. The molecule has 0 amide bonds. The van der Waals surface area contributed by atoms with Crippen molar-refractivity contribution in [3.8, 4) is 44.5 Å². The Kier molecular flexibility index (Phi) is 13.0. The molecule has 0 spiro atoms. The Bertz CT molecular complexity index is 2590. The third-order valence-corrected chi connectivity index (χ3v) is 11.1. The number of esters is 1. The van der Waals surface area contributed by atoms with Crippen LogP contribution in [0.2, 0.25) is 5.02 Å². The number of fused-ring (bicyclic) bond motifs is 1. The monoisotopic (exact) mass is 834 g/mol. The van der Waals surface area contributed by atoms with Gasteiger partial charge in [-0.1, -0.05) is 60.1 Å². The maximum Gasteiger partial charge on any atom is 0.328 e. The minimum absolute atomic E-state index is 0.0663.